The molecule has 0 saturated heterocycles. The van der Waals surface area contributed by atoms with Gasteiger partial charge in [0.15, 0.2) is 6.61 Å². The molecule has 1 N–H and O–H groups in total. The van der Waals surface area contributed by atoms with Crippen molar-refractivity contribution < 1.29 is 19.1 Å². The monoisotopic (exact) mass is 389 g/mol. The van der Waals surface area contributed by atoms with Gasteiger partial charge in [0, 0.05) is 5.69 Å². The smallest absolute Gasteiger partial charge is 0.338 e. The first kappa shape index (κ1) is 20.1. The van der Waals surface area contributed by atoms with Gasteiger partial charge in [-0.1, -0.05) is 54.6 Å². The van der Waals surface area contributed by atoms with Crippen LogP contribution in [0.2, 0.25) is 0 Å². The maximum Gasteiger partial charge on any atom is 0.338 e. The minimum absolute atomic E-state index is 0.329. The highest BCUT2D eigenvalue weighted by Gasteiger charge is 2.13. The summed E-state index contributed by atoms with van der Waals surface area (Å²) in [5, 5.41) is 2.79. The summed E-state index contributed by atoms with van der Waals surface area (Å²) < 4.78 is 10.9. The Morgan fingerprint density at radius 1 is 0.862 bits per heavy atom. The third-order valence-electron chi connectivity index (χ3n) is 4.40. The lowest BCUT2D eigenvalue weighted by Gasteiger charge is -2.12. The number of esters is 1. The fraction of sp³-hybridized carbons (Fsp3) is 0.167. The van der Waals surface area contributed by atoms with Crippen LogP contribution in [0, 0.1) is 13.8 Å². The standard InChI is InChI=1S/C24H23NO4/c1-17-8-6-9-18(2)23(17)25-22(26)16-29-24(27)20-12-7-13-21(14-20)28-15-19-10-4-3-5-11-19/h3-14H,15-16H2,1-2H3,(H,25,26). The third-order valence-corrected chi connectivity index (χ3v) is 4.40. The molecular formula is C24H23NO4. The summed E-state index contributed by atoms with van der Waals surface area (Å²) in [6.07, 6.45) is 0. The van der Waals surface area contributed by atoms with Crippen LogP contribution in [0.4, 0.5) is 5.69 Å². The Morgan fingerprint density at radius 3 is 2.28 bits per heavy atom. The first-order valence-electron chi connectivity index (χ1n) is 9.33. The van der Waals surface area contributed by atoms with E-state index in [9.17, 15) is 9.59 Å². The molecule has 3 rings (SSSR count). The van der Waals surface area contributed by atoms with Gasteiger partial charge in [-0.3, -0.25) is 4.79 Å². The minimum atomic E-state index is -0.577. The molecule has 0 spiro atoms. The second-order valence-corrected chi connectivity index (χ2v) is 6.69. The van der Waals surface area contributed by atoms with Crippen molar-refractivity contribution in [1.29, 1.82) is 0 Å². The summed E-state index contributed by atoms with van der Waals surface area (Å²) in [7, 11) is 0. The molecule has 5 nitrogen and oxygen atoms in total. The molecule has 0 unspecified atom stereocenters. The van der Waals surface area contributed by atoms with E-state index < -0.39 is 5.97 Å². The zero-order chi connectivity index (χ0) is 20.6. The van der Waals surface area contributed by atoms with Gasteiger partial charge >= 0.3 is 5.97 Å². The van der Waals surface area contributed by atoms with E-state index in [1.807, 2.05) is 62.4 Å². The second-order valence-electron chi connectivity index (χ2n) is 6.69. The largest absolute Gasteiger partial charge is 0.489 e. The number of amides is 1. The second kappa shape index (κ2) is 9.55. The van der Waals surface area contributed by atoms with Crippen molar-refractivity contribution in [2.24, 2.45) is 0 Å². The van der Waals surface area contributed by atoms with E-state index >= 15 is 0 Å². The maximum absolute atomic E-state index is 12.3. The first-order chi connectivity index (χ1) is 14.0. The summed E-state index contributed by atoms with van der Waals surface area (Å²) in [4.78, 5) is 24.5. The van der Waals surface area contributed by atoms with E-state index in [0.29, 0.717) is 17.9 Å². The molecule has 0 aliphatic rings. The summed E-state index contributed by atoms with van der Waals surface area (Å²) in [5.74, 6) is -0.401. The number of anilines is 1. The molecular weight excluding hydrogens is 366 g/mol. The van der Waals surface area contributed by atoms with Crippen LogP contribution in [0.1, 0.15) is 27.0 Å². The lowest BCUT2D eigenvalue weighted by Crippen LogP contribution is -2.21. The quantitative estimate of drug-likeness (QED) is 0.596. The van der Waals surface area contributed by atoms with E-state index in [1.165, 1.54) is 0 Å². The van der Waals surface area contributed by atoms with E-state index in [-0.39, 0.29) is 12.5 Å². The molecule has 0 bridgehead atoms. The number of ether oxygens (including phenoxy) is 2. The molecule has 3 aromatic rings. The fourth-order valence-electron chi connectivity index (χ4n) is 2.86. The van der Waals surface area contributed by atoms with Crippen LogP contribution in [0.15, 0.2) is 72.8 Å². The fourth-order valence-corrected chi connectivity index (χ4v) is 2.86. The molecule has 3 aromatic carbocycles. The van der Waals surface area contributed by atoms with Crippen molar-refractivity contribution in [1.82, 2.24) is 0 Å². The number of nitrogens with one attached hydrogen (secondary N) is 1. The van der Waals surface area contributed by atoms with E-state index in [2.05, 4.69) is 5.32 Å². The average molecular weight is 389 g/mol. The molecule has 0 radical (unpaired) electrons. The molecule has 0 fully saturated rings. The van der Waals surface area contributed by atoms with Crippen molar-refractivity contribution in [3.8, 4) is 5.75 Å². The number of aryl methyl sites for hydroxylation is 2. The number of hydrogen-bond acceptors (Lipinski definition) is 4. The summed E-state index contributed by atoms with van der Waals surface area (Å²) >= 11 is 0. The van der Waals surface area contributed by atoms with Gasteiger partial charge < -0.3 is 14.8 Å². The number of carbonyl (C=O) groups excluding carboxylic acids is 2. The topological polar surface area (TPSA) is 64.6 Å². The Hall–Kier alpha value is -3.60. The molecule has 1 amide bonds. The van der Waals surface area contributed by atoms with E-state index in [1.54, 1.807) is 24.3 Å². The van der Waals surface area contributed by atoms with Gasteiger partial charge in [0.1, 0.15) is 12.4 Å². The number of rotatable bonds is 7. The van der Waals surface area contributed by atoms with Crippen LogP contribution < -0.4 is 10.1 Å². The minimum Gasteiger partial charge on any atom is -0.489 e. The van der Waals surface area contributed by atoms with Crippen LogP contribution >= 0.6 is 0 Å². The summed E-state index contributed by atoms with van der Waals surface area (Å²) in [6, 6.07) is 22.2. The molecule has 29 heavy (non-hydrogen) atoms. The van der Waals surface area contributed by atoms with Crippen LogP contribution in [-0.4, -0.2) is 18.5 Å². The molecule has 0 atom stereocenters. The Bertz CT molecular complexity index is 979. The zero-order valence-corrected chi connectivity index (χ0v) is 16.5. The van der Waals surface area contributed by atoms with Gasteiger partial charge in [-0.2, -0.15) is 0 Å². The van der Waals surface area contributed by atoms with Gasteiger partial charge in [0.05, 0.1) is 5.56 Å². The summed E-state index contributed by atoms with van der Waals surface area (Å²) in [5.41, 5.74) is 4.00. The van der Waals surface area contributed by atoms with Crippen molar-refractivity contribution in [2.45, 2.75) is 20.5 Å². The van der Waals surface area contributed by atoms with Crippen molar-refractivity contribution in [3.05, 3.63) is 95.1 Å². The van der Waals surface area contributed by atoms with Gasteiger partial charge in [-0.15, -0.1) is 0 Å². The lowest BCUT2D eigenvalue weighted by atomic mass is 10.1. The highest BCUT2D eigenvalue weighted by atomic mass is 16.5. The van der Waals surface area contributed by atoms with Gasteiger partial charge in [0.25, 0.3) is 5.91 Å². The SMILES string of the molecule is Cc1cccc(C)c1NC(=O)COC(=O)c1cccc(OCc2ccccc2)c1. The highest BCUT2D eigenvalue weighted by molar-refractivity contribution is 5.96. The van der Waals surface area contributed by atoms with Crippen molar-refractivity contribution in [3.63, 3.8) is 0 Å². The van der Waals surface area contributed by atoms with Crippen LogP contribution in [0.5, 0.6) is 5.75 Å². The highest BCUT2D eigenvalue weighted by Crippen LogP contribution is 2.19. The van der Waals surface area contributed by atoms with Gasteiger partial charge in [-0.05, 0) is 48.7 Å². The number of hydrogen-bond donors (Lipinski definition) is 1. The maximum atomic E-state index is 12.3. The molecule has 0 saturated carbocycles. The van der Waals surface area contributed by atoms with Crippen LogP contribution in [0.25, 0.3) is 0 Å². The van der Waals surface area contributed by atoms with E-state index in [0.717, 1.165) is 22.4 Å². The van der Waals surface area contributed by atoms with Crippen molar-refractivity contribution in [2.75, 3.05) is 11.9 Å². The third kappa shape index (κ3) is 5.69. The first-order valence-corrected chi connectivity index (χ1v) is 9.33. The number of para-hydroxylation sites is 1. The van der Waals surface area contributed by atoms with E-state index in [4.69, 9.17) is 9.47 Å². The Labute approximate surface area is 170 Å². The Kier molecular flexibility index (Phi) is 6.63. The van der Waals surface area contributed by atoms with Crippen LogP contribution in [0.3, 0.4) is 0 Å². The number of benzene rings is 3. The normalized spacial score (nSPS) is 10.3. The summed E-state index contributed by atoms with van der Waals surface area (Å²) in [6.45, 7) is 3.87. The van der Waals surface area contributed by atoms with Gasteiger partial charge in [0.2, 0.25) is 0 Å². The van der Waals surface area contributed by atoms with Crippen LogP contribution in [-0.2, 0) is 16.1 Å². The zero-order valence-electron chi connectivity index (χ0n) is 16.5. The molecule has 0 aromatic heterocycles. The van der Waals surface area contributed by atoms with Gasteiger partial charge in [-0.25, -0.2) is 4.79 Å². The Balaban J connectivity index is 1.54. The van der Waals surface area contributed by atoms with Crippen molar-refractivity contribution >= 4 is 17.6 Å². The molecule has 0 aliphatic heterocycles. The molecule has 0 heterocycles. The average Bonchev–Trinajstić information content (AvgIpc) is 2.74. The molecule has 5 heteroatoms. The Morgan fingerprint density at radius 2 is 1.55 bits per heavy atom. The molecule has 148 valence electrons. The predicted molar refractivity (Wildman–Crippen MR) is 112 cm³/mol. The predicted octanol–water partition coefficient (Wildman–Crippen LogP) is 4.68. The molecule has 0 aliphatic carbocycles. The lowest BCUT2D eigenvalue weighted by molar-refractivity contribution is -0.119. The number of carbonyl (C=O) groups is 2.